The van der Waals surface area contributed by atoms with E-state index in [4.69, 9.17) is 4.74 Å². The summed E-state index contributed by atoms with van der Waals surface area (Å²) in [4.78, 5) is 12.3. The van der Waals surface area contributed by atoms with Crippen LogP contribution in [-0.2, 0) is 16.0 Å². The van der Waals surface area contributed by atoms with E-state index in [1.807, 2.05) is 17.8 Å². The number of ether oxygens (including phenoxy) is 1. The Morgan fingerprint density at radius 2 is 2.00 bits per heavy atom. The Hall–Kier alpha value is -0.800. The molecular formula is C17H22O2S. The highest BCUT2D eigenvalue weighted by molar-refractivity contribution is 7.99. The predicted octanol–water partition coefficient (Wildman–Crippen LogP) is 3.79. The van der Waals surface area contributed by atoms with Gasteiger partial charge < -0.3 is 4.74 Å². The lowest BCUT2D eigenvalue weighted by Crippen LogP contribution is -2.21. The highest BCUT2D eigenvalue weighted by atomic mass is 32.2. The van der Waals surface area contributed by atoms with Crippen molar-refractivity contribution >= 4 is 17.5 Å². The summed E-state index contributed by atoms with van der Waals surface area (Å²) in [5.41, 5.74) is 2.58. The van der Waals surface area contributed by atoms with Crippen LogP contribution in [0.3, 0.4) is 0 Å². The van der Waals surface area contributed by atoms with Crippen LogP contribution in [0.1, 0.15) is 42.9 Å². The molecule has 0 saturated carbocycles. The third-order valence-electron chi connectivity index (χ3n) is 4.36. The largest absolute Gasteiger partial charge is 0.373 e. The molecule has 0 N–H and O–H groups in total. The Balaban J connectivity index is 1.59. The number of benzene rings is 1. The van der Waals surface area contributed by atoms with Crippen molar-refractivity contribution in [3.05, 3.63) is 35.4 Å². The smallest absolute Gasteiger partial charge is 0.136 e. The fraction of sp³-hybridized carbons (Fsp3) is 0.588. The molecular weight excluding hydrogens is 268 g/mol. The number of ketones is 1. The number of carbonyl (C=O) groups is 1. The molecule has 0 aromatic heterocycles. The lowest BCUT2D eigenvalue weighted by atomic mass is 9.90. The van der Waals surface area contributed by atoms with Crippen molar-refractivity contribution in [1.82, 2.24) is 0 Å². The number of hydrogen-bond donors (Lipinski definition) is 0. The standard InChI is InChI=1S/C17H22O2S/c18-15(11-13-6-9-20-10-7-13)12-17-16-4-2-1-3-14(16)5-8-19-17/h1-4,13,17H,5-12H2. The van der Waals surface area contributed by atoms with Gasteiger partial charge in [-0.15, -0.1) is 0 Å². The molecule has 1 atom stereocenters. The quantitative estimate of drug-likeness (QED) is 0.844. The topological polar surface area (TPSA) is 26.3 Å². The van der Waals surface area contributed by atoms with Crippen LogP contribution in [0, 0.1) is 5.92 Å². The van der Waals surface area contributed by atoms with E-state index in [0.29, 0.717) is 18.1 Å². The van der Waals surface area contributed by atoms with Gasteiger partial charge in [0.2, 0.25) is 0 Å². The van der Waals surface area contributed by atoms with E-state index in [1.54, 1.807) is 0 Å². The number of rotatable bonds is 4. The molecule has 3 heteroatoms. The van der Waals surface area contributed by atoms with Crippen molar-refractivity contribution in [1.29, 1.82) is 0 Å². The Bertz CT molecular complexity index is 466. The van der Waals surface area contributed by atoms with Gasteiger partial charge >= 0.3 is 0 Å². The highest BCUT2D eigenvalue weighted by Crippen LogP contribution is 2.32. The zero-order chi connectivity index (χ0) is 13.8. The molecule has 0 bridgehead atoms. The molecule has 108 valence electrons. The zero-order valence-corrected chi connectivity index (χ0v) is 12.7. The molecule has 0 radical (unpaired) electrons. The fourth-order valence-corrected chi connectivity index (χ4v) is 4.41. The molecule has 1 aromatic rings. The minimum Gasteiger partial charge on any atom is -0.373 e. The molecule has 2 aliphatic rings. The van der Waals surface area contributed by atoms with Gasteiger partial charge in [0.05, 0.1) is 12.7 Å². The number of thioether (sulfide) groups is 1. The Morgan fingerprint density at radius 1 is 1.20 bits per heavy atom. The molecule has 20 heavy (non-hydrogen) atoms. The highest BCUT2D eigenvalue weighted by Gasteiger charge is 2.25. The summed E-state index contributed by atoms with van der Waals surface area (Å²) in [6.07, 6.45) is 4.69. The van der Waals surface area contributed by atoms with Crippen LogP contribution < -0.4 is 0 Å². The first kappa shape index (κ1) is 14.2. The number of carbonyl (C=O) groups excluding carboxylic acids is 1. The molecule has 1 aromatic carbocycles. The van der Waals surface area contributed by atoms with E-state index in [0.717, 1.165) is 19.4 Å². The van der Waals surface area contributed by atoms with E-state index in [2.05, 4.69) is 18.2 Å². The van der Waals surface area contributed by atoms with Gasteiger partial charge in [-0.3, -0.25) is 4.79 Å². The van der Waals surface area contributed by atoms with Crippen molar-refractivity contribution in [2.24, 2.45) is 5.92 Å². The summed E-state index contributed by atoms with van der Waals surface area (Å²) in [6, 6.07) is 8.39. The summed E-state index contributed by atoms with van der Waals surface area (Å²) < 4.78 is 5.84. The van der Waals surface area contributed by atoms with Gasteiger partial charge in [-0.05, 0) is 47.8 Å². The second-order valence-corrected chi connectivity index (χ2v) is 7.04. The molecule has 0 amide bonds. The normalized spacial score (nSPS) is 23.3. The summed E-state index contributed by atoms with van der Waals surface area (Å²) in [5, 5.41) is 0. The molecule has 3 rings (SSSR count). The van der Waals surface area contributed by atoms with Crippen LogP contribution in [0.4, 0.5) is 0 Å². The van der Waals surface area contributed by atoms with Crippen LogP contribution in [0.5, 0.6) is 0 Å². The second-order valence-electron chi connectivity index (χ2n) is 5.81. The molecule has 1 saturated heterocycles. The fourth-order valence-electron chi connectivity index (χ4n) is 3.21. The average Bonchev–Trinajstić information content (AvgIpc) is 2.48. The van der Waals surface area contributed by atoms with Crippen LogP contribution in [0.15, 0.2) is 24.3 Å². The number of fused-ring (bicyclic) bond motifs is 1. The molecule has 2 heterocycles. The zero-order valence-electron chi connectivity index (χ0n) is 11.8. The number of hydrogen-bond acceptors (Lipinski definition) is 3. The third-order valence-corrected chi connectivity index (χ3v) is 5.41. The first-order chi connectivity index (χ1) is 9.83. The van der Waals surface area contributed by atoms with Gasteiger partial charge in [-0.1, -0.05) is 24.3 Å². The van der Waals surface area contributed by atoms with Crippen LogP contribution >= 0.6 is 11.8 Å². The Morgan fingerprint density at radius 3 is 2.85 bits per heavy atom. The van der Waals surface area contributed by atoms with Gasteiger partial charge in [0.1, 0.15) is 5.78 Å². The molecule has 0 spiro atoms. The van der Waals surface area contributed by atoms with E-state index >= 15 is 0 Å². The van der Waals surface area contributed by atoms with Gasteiger partial charge in [0.15, 0.2) is 0 Å². The Labute approximate surface area is 125 Å². The summed E-state index contributed by atoms with van der Waals surface area (Å²) in [7, 11) is 0. The molecule has 0 aliphatic carbocycles. The lowest BCUT2D eigenvalue weighted by Gasteiger charge is -2.26. The monoisotopic (exact) mass is 290 g/mol. The maximum Gasteiger partial charge on any atom is 0.136 e. The SMILES string of the molecule is O=C(CC1CCSCC1)CC1OCCc2ccccc21. The average molecular weight is 290 g/mol. The van der Waals surface area contributed by atoms with E-state index < -0.39 is 0 Å². The van der Waals surface area contributed by atoms with E-state index in [9.17, 15) is 4.79 Å². The molecule has 1 unspecified atom stereocenters. The Kier molecular flexibility index (Phi) is 4.79. The number of Topliss-reactive ketones (excluding diaryl/α,β-unsaturated/α-hetero) is 1. The summed E-state index contributed by atoms with van der Waals surface area (Å²) in [6.45, 7) is 0.745. The maximum absolute atomic E-state index is 12.3. The minimum absolute atomic E-state index is 0.00887. The van der Waals surface area contributed by atoms with Crippen molar-refractivity contribution in [2.45, 2.75) is 38.2 Å². The van der Waals surface area contributed by atoms with Crippen molar-refractivity contribution in [3.63, 3.8) is 0 Å². The summed E-state index contributed by atoms with van der Waals surface area (Å²) >= 11 is 2.02. The van der Waals surface area contributed by atoms with Crippen molar-refractivity contribution < 1.29 is 9.53 Å². The van der Waals surface area contributed by atoms with Crippen LogP contribution in [-0.4, -0.2) is 23.9 Å². The van der Waals surface area contributed by atoms with E-state index in [-0.39, 0.29) is 6.10 Å². The van der Waals surface area contributed by atoms with Gasteiger partial charge in [0.25, 0.3) is 0 Å². The van der Waals surface area contributed by atoms with Crippen LogP contribution in [0.2, 0.25) is 0 Å². The molecule has 1 fully saturated rings. The van der Waals surface area contributed by atoms with Crippen LogP contribution in [0.25, 0.3) is 0 Å². The minimum atomic E-state index is -0.00887. The third kappa shape index (κ3) is 3.44. The van der Waals surface area contributed by atoms with Crippen molar-refractivity contribution in [3.8, 4) is 0 Å². The maximum atomic E-state index is 12.3. The first-order valence-corrected chi connectivity index (χ1v) is 8.77. The molecule has 2 nitrogen and oxygen atoms in total. The predicted molar refractivity (Wildman–Crippen MR) is 83.1 cm³/mol. The first-order valence-electron chi connectivity index (χ1n) is 7.62. The second kappa shape index (κ2) is 6.77. The van der Waals surface area contributed by atoms with E-state index in [1.165, 1.54) is 35.5 Å². The van der Waals surface area contributed by atoms with Gasteiger partial charge in [-0.2, -0.15) is 11.8 Å². The lowest BCUT2D eigenvalue weighted by molar-refractivity contribution is -0.123. The van der Waals surface area contributed by atoms with Gasteiger partial charge in [-0.25, -0.2) is 0 Å². The van der Waals surface area contributed by atoms with Gasteiger partial charge in [0, 0.05) is 12.8 Å². The summed E-state index contributed by atoms with van der Waals surface area (Å²) in [5.74, 6) is 3.44. The molecule has 2 aliphatic heterocycles. The van der Waals surface area contributed by atoms with Crippen molar-refractivity contribution in [2.75, 3.05) is 18.1 Å².